The van der Waals surface area contributed by atoms with Crippen LogP contribution in [0.3, 0.4) is 0 Å². The second kappa shape index (κ2) is 2.42. The van der Waals surface area contributed by atoms with Crippen molar-refractivity contribution in [3.63, 3.8) is 0 Å². The first-order valence-electron chi connectivity index (χ1n) is 0.433. The van der Waals surface area contributed by atoms with Crippen molar-refractivity contribution >= 4 is 31.7 Å². The van der Waals surface area contributed by atoms with Crippen LogP contribution in [0.15, 0.2) is 0 Å². The molecule has 0 aromatic carbocycles. The summed E-state index contributed by atoms with van der Waals surface area (Å²) in [6.45, 7) is 0. The SMILES string of the molecule is [S]=[Fe](=[S])=[S]. The van der Waals surface area contributed by atoms with Gasteiger partial charge in [0.15, 0.2) is 0 Å². The van der Waals surface area contributed by atoms with Gasteiger partial charge in [0.05, 0.1) is 0 Å². The zero-order valence-corrected chi connectivity index (χ0v) is 5.13. The molecule has 0 N–H and O–H groups in total. The van der Waals surface area contributed by atoms with Gasteiger partial charge < -0.3 is 0 Å². The fraction of sp³-hybridized carbons (Fsp3) is 0. The van der Waals surface area contributed by atoms with E-state index in [0.29, 0.717) is 0 Å². The van der Waals surface area contributed by atoms with E-state index in [1.54, 1.807) is 0 Å². The van der Waals surface area contributed by atoms with Crippen LogP contribution in [0, 0.1) is 0 Å². The van der Waals surface area contributed by atoms with Gasteiger partial charge in [-0.2, -0.15) is 0 Å². The molecule has 26 valence electrons. The van der Waals surface area contributed by atoms with Crippen LogP contribution in [-0.2, 0) is 9.01 Å². The van der Waals surface area contributed by atoms with Crippen molar-refractivity contribution in [2.75, 3.05) is 0 Å². The first-order valence-corrected chi connectivity index (χ1v) is 5.36. The number of hydrogen-bond acceptors (Lipinski definition) is 3. The van der Waals surface area contributed by atoms with Crippen LogP contribution in [0.2, 0.25) is 0 Å². The van der Waals surface area contributed by atoms with Gasteiger partial charge in [-0.3, -0.25) is 0 Å². The van der Waals surface area contributed by atoms with Gasteiger partial charge in [0.25, 0.3) is 0 Å². The van der Waals surface area contributed by atoms with E-state index in [4.69, 9.17) is 0 Å². The summed E-state index contributed by atoms with van der Waals surface area (Å²) in [5.41, 5.74) is 0. The molecule has 0 aliphatic heterocycles. The van der Waals surface area contributed by atoms with E-state index >= 15 is 0 Å². The first kappa shape index (κ1) is 5.18. The van der Waals surface area contributed by atoms with E-state index in [0.717, 1.165) is 0 Å². The molecule has 4 heteroatoms. The van der Waals surface area contributed by atoms with Crippen LogP contribution < -0.4 is 0 Å². The Labute approximate surface area is 40.7 Å². The van der Waals surface area contributed by atoms with Crippen LogP contribution >= 0.6 is 31.7 Å². The summed E-state index contributed by atoms with van der Waals surface area (Å²) in [4.78, 5) is 0. The molecule has 0 bridgehead atoms. The molecule has 0 aromatic rings. The van der Waals surface area contributed by atoms with Gasteiger partial charge in [0, 0.05) is 0 Å². The molecule has 0 radical (unpaired) electrons. The summed E-state index contributed by atoms with van der Waals surface area (Å²) in [6.07, 6.45) is 0. The molecular formula is FeS3. The Bertz CT molecular complexity index is 72.7. The summed E-state index contributed by atoms with van der Waals surface area (Å²) in [7, 11) is 12.0. The molecule has 0 fully saturated rings. The van der Waals surface area contributed by atoms with Crippen molar-refractivity contribution < 1.29 is 9.01 Å². The fourth-order valence-corrected chi connectivity index (χ4v) is 0. The third kappa shape index (κ3) is 10.9. The molecule has 0 aliphatic rings. The van der Waals surface area contributed by atoms with Crippen molar-refractivity contribution in [3.8, 4) is 0 Å². The van der Waals surface area contributed by atoms with Crippen molar-refractivity contribution in [1.82, 2.24) is 0 Å². The van der Waals surface area contributed by atoms with Crippen molar-refractivity contribution in [1.29, 1.82) is 0 Å². The second-order valence-electron chi connectivity index (χ2n) is 0.177. The maximum absolute atomic E-state index is 4.33. The van der Waals surface area contributed by atoms with Gasteiger partial charge in [0.1, 0.15) is 0 Å². The van der Waals surface area contributed by atoms with Crippen LogP contribution in [0.1, 0.15) is 0 Å². The van der Waals surface area contributed by atoms with Gasteiger partial charge >= 0.3 is 40.7 Å². The molecule has 0 spiro atoms. The monoisotopic (exact) mass is 152 g/mol. The van der Waals surface area contributed by atoms with Gasteiger partial charge in [-0.15, -0.1) is 0 Å². The minimum absolute atomic E-state index is 1.00. The Morgan fingerprint density at radius 2 is 1.00 bits per heavy atom. The van der Waals surface area contributed by atoms with E-state index in [1.165, 1.54) is 0 Å². The molecule has 0 saturated carbocycles. The predicted molar refractivity (Wildman–Crippen MR) is 22.8 cm³/mol. The molecule has 0 aliphatic carbocycles. The van der Waals surface area contributed by atoms with Gasteiger partial charge in [-0.05, 0) is 0 Å². The van der Waals surface area contributed by atoms with Crippen molar-refractivity contribution in [3.05, 3.63) is 0 Å². The van der Waals surface area contributed by atoms with Crippen molar-refractivity contribution in [2.24, 2.45) is 0 Å². The molecule has 0 nitrogen and oxygen atoms in total. The minimum atomic E-state index is -1.00. The standard InChI is InChI=1S/Fe.3S. The molecule has 0 atom stereocenters. The topological polar surface area (TPSA) is 0 Å². The summed E-state index contributed by atoms with van der Waals surface area (Å²) < 4.78 is 0. The summed E-state index contributed by atoms with van der Waals surface area (Å²) in [5, 5.41) is 0. The maximum atomic E-state index is 4.33. The Balaban J connectivity index is 4.65. The second-order valence-corrected chi connectivity index (χ2v) is 6.56. The van der Waals surface area contributed by atoms with Crippen molar-refractivity contribution in [2.45, 2.75) is 0 Å². The van der Waals surface area contributed by atoms with Crippen LogP contribution in [0.25, 0.3) is 0 Å². The normalized spacial score (nSPS) is 8.25. The number of rotatable bonds is 0. The van der Waals surface area contributed by atoms with E-state index in [2.05, 4.69) is 31.7 Å². The third-order valence-corrected chi connectivity index (χ3v) is 0. The molecule has 0 aromatic heterocycles. The van der Waals surface area contributed by atoms with E-state index in [9.17, 15) is 0 Å². The Morgan fingerprint density at radius 3 is 1.00 bits per heavy atom. The molecule has 0 heterocycles. The summed E-state index contributed by atoms with van der Waals surface area (Å²) in [5.74, 6) is 0. The summed E-state index contributed by atoms with van der Waals surface area (Å²) >= 11 is 0. The van der Waals surface area contributed by atoms with Crippen LogP contribution in [0.4, 0.5) is 0 Å². The average Bonchev–Trinajstić information content (AvgIpc) is 0.811. The fourth-order valence-electron chi connectivity index (χ4n) is 0. The third-order valence-electron chi connectivity index (χ3n) is 0. The molecule has 0 rings (SSSR count). The zero-order valence-electron chi connectivity index (χ0n) is 1.58. The van der Waals surface area contributed by atoms with E-state index in [-0.39, 0.29) is 0 Å². The van der Waals surface area contributed by atoms with Crippen LogP contribution in [0.5, 0.6) is 0 Å². The van der Waals surface area contributed by atoms with Crippen LogP contribution in [-0.4, -0.2) is 0 Å². The molecule has 0 amide bonds. The quantitative estimate of drug-likeness (QED) is 0.487. The van der Waals surface area contributed by atoms with Gasteiger partial charge in [-0.25, -0.2) is 0 Å². The van der Waals surface area contributed by atoms with E-state index in [1.807, 2.05) is 0 Å². The average molecular weight is 152 g/mol. The first-order chi connectivity index (χ1) is 1.73. The zero-order chi connectivity index (χ0) is 3.58. The predicted octanol–water partition coefficient (Wildman–Crippen LogP) is 1.94. The van der Waals surface area contributed by atoms with Gasteiger partial charge in [-0.1, -0.05) is 0 Å². The van der Waals surface area contributed by atoms with Gasteiger partial charge in [0.2, 0.25) is 0 Å². The van der Waals surface area contributed by atoms with E-state index < -0.39 is 9.01 Å². The number of hydrogen-bond donors (Lipinski definition) is 0. The Morgan fingerprint density at radius 1 is 1.00 bits per heavy atom. The molecule has 0 unspecified atom stereocenters. The molecule has 0 saturated heterocycles. The summed E-state index contributed by atoms with van der Waals surface area (Å²) in [6, 6.07) is 0. The molecular weight excluding hydrogens is 152 g/mol. The Hall–Kier alpha value is 1.18. The Kier molecular flexibility index (Phi) is 3.13. The molecule has 4 heavy (non-hydrogen) atoms.